The highest BCUT2D eigenvalue weighted by molar-refractivity contribution is 5.92. The van der Waals surface area contributed by atoms with Gasteiger partial charge < -0.3 is 10.2 Å². The zero-order valence-electron chi connectivity index (χ0n) is 9.44. The number of hydrogen-bond donors (Lipinski definition) is 2. The molecule has 1 saturated carbocycles. The maximum absolute atomic E-state index is 11.4. The summed E-state index contributed by atoms with van der Waals surface area (Å²) in [6, 6.07) is 7.11. The van der Waals surface area contributed by atoms with Gasteiger partial charge in [-0.25, -0.2) is 0 Å². The first-order valence-corrected chi connectivity index (χ1v) is 5.63. The van der Waals surface area contributed by atoms with Gasteiger partial charge in [0.15, 0.2) is 11.4 Å². The second kappa shape index (κ2) is 4.70. The molecule has 88 valence electrons. The highest BCUT2D eigenvalue weighted by atomic mass is 16.3. The zero-order valence-corrected chi connectivity index (χ0v) is 9.44. The molecule has 1 aromatic rings. The largest absolute Gasteiger partial charge is 0.392 e. The Morgan fingerprint density at radius 2 is 2.24 bits per heavy atom. The molecule has 1 fully saturated rings. The van der Waals surface area contributed by atoms with E-state index in [1.807, 2.05) is 0 Å². The summed E-state index contributed by atoms with van der Waals surface area (Å²) >= 11 is 0. The number of aliphatic hydroxyl groups is 2. The van der Waals surface area contributed by atoms with Crippen LogP contribution in [0.1, 0.15) is 30.4 Å². The molecule has 0 aromatic heterocycles. The summed E-state index contributed by atoms with van der Waals surface area (Å²) in [5, 5.41) is 19.0. The lowest BCUT2D eigenvalue weighted by atomic mass is 10.0. The lowest BCUT2D eigenvalue weighted by Gasteiger charge is -2.11. The molecule has 3 nitrogen and oxygen atoms in total. The molecule has 0 spiro atoms. The van der Waals surface area contributed by atoms with Crippen molar-refractivity contribution >= 4 is 5.78 Å². The fourth-order valence-electron chi connectivity index (χ4n) is 1.91. The predicted octanol–water partition coefficient (Wildman–Crippen LogP) is 1.01. The van der Waals surface area contributed by atoms with Gasteiger partial charge in [-0.05, 0) is 30.5 Å². The number of ketones is 1. The van der Waals surface area contributed by atoms with Crippen molar-refractivity contribution in [1.82, 2.24) is 0 Å². The zero-order chi connectivity index (χ0) is 12.3. The first-order valence-electron chi connectivity index (χ1n) is 5.63. The molecule has 1 atom stereocenters. The van der Waals surface area contributed by atoms with Crippen LogP contribution in [0.15, 0.2) is 24.3 Å². The van der Waals surface area contributed by atoms with Crippen LogP contribution < -0.4 is 0 Å². The Labute approximate surface area is 100 Å². The van der Waals surface area contributed by atoms with Crippen molar-refractivity contribution in [3.05, 3.63) is 35.4 Å². The summed E-state index contributed by atoms with van der Waals surface area (Å²) in [5.41, 5.74) is 0.00101. The third-order valence-electron chi connectivity index (χ3n) is 2.93. The standard InChI is InChI=1S/C14H14O3/c15-10-12-4-1-3-11(9-12)6-8-14(17)7-2-5-13(14)16/h1,3-4,9,15,17H,2,5,7,10H2. The second-order valence-corrected chi connectivity index (χ2v) is 4.25. The molecule has 0 heterocycles. The molecule has 1 unspecified atom stereocenters. The van der Waals surface area contributed by atoms with Crippen LogP contribution in [0.5, 0.6) is 0 Å². The highest BCUT2D eigenvalue weighted by Crippen LogP contribution is 2.25. The first kappa shape index (κ1) is 11.8. The van der Waals surface area contributed by atoms with Gasteiger partial charge in [0.2, 0.25) is 0 Å². The van der Waals surface area contributed by atoms with E-state index in [4.69, 9.17) is 5.11 Å². The summed E-state index contributed by atoms with van der Waals surface area (Å²) in [7, 11) is 0. The van der Waals surface area contributed by atoms with Gasteiger partial charge in [-0.3, -0.25) is 4.79 Å². The molecule has 2 rings (SSSR count). The number of hydrogen-bond acceptors (Lipinski definition) is 3. The third kappa shape index (κ3) is 2.55. The predicted molar refractivity (Wildman–Crippen MR) is 63.1 cm³/mol. The van der Waals surface area contributed by atoms with Crippen LogP contribution in [0.3, 0.4) is 0 Å². The molecule has 3 heteroatoms. The van der Waals surface area contributed by atoms with Gasteiger partial charge in [0.05, 0.1) is 6.61 Å². The summed E-state index contributed by atoms with van der Waals surface area (Å²) in [6.45, 7) is -0.0429. The van der Waals surface area contributed by atoms with Crippen LogP contribution in [0.25, 0.3) is 0 Å². The van der Waals surface area contributed by atoms with E-state index < -0.39 is 5.60 Å². The number of benzene rings is 1. The highest BCUT2D eigenvalue weighted by Gasteiger charge is 2.38. The maximum atomic E-state index is 11.4. The van der Waals surface area contributed by atoms with Crippen LogP contribution >= 0.6 is 0 Å². The van der Waals surface area contributed by atoms with E-state index in [1.54, 1.807) is 24.3 Å². The Bertz CT molecular complexity index is 496. The summed E-state index contributed by atoms with van der Waals surface area (Å²) in [5.74, 6) is 5.26. The van der Waals surface area contributed by atoms with Crippen LogP contribution in [0.4, 0.5) is 0 Å². The SMILES string of the molecule is O=C1CCCC1(O)C#Cc1cccc(CO)c1. The molecule has 0 aliphatic heterocycles. The number of Topliss-reactive ketones (excluding diaryl/α,β-unsaturated/α-hetero) is 1. The van der Waals surface area contributed by atoms with Gasteiger partial charge in [-0.1, -0.05) is 24.0 Å². The molecule has 2 N–H and O–H groups in total. The Kier molecular flexibility index (Phi) is 3.28. The Morgan fingerprint density at radius 1 is 1.41 bits per heavy atom. The van der Waals surface area contributed by atoms with E-state index in [0.29, 0.717) is 24.8 Å². The molecule has 0 radical (unpaired) electrons. The van der Waals surface area contributed by atoms with Gasteiger partial charge in [0.1, 0.15) is 0 Å². The molecule has 0 saturated heterocycles. The number of carbonyl (C=O) groups excluding carboxylic acids is 1. The van der Waals surface area contributed by atoms with E-state index in [9.17, 15) is 9.90 Å². The summed E-state index contributed by atoms with van der Waals surface area (Å²) in [4.78, 5) is 11.4. The summed E-state index contributed by atoms with van der Waals surface area (Å²) in [6.07, 6.45) is 1.51. The fraction of sp³-hybridized carbons (Fsp3) is 0.357. The van der Waals surface area contributed by atoms with Gasteiger partial charge in [0.25, 0.3) is 0 Å². The van der Waals surface area contributed by atoms with E-state index >= 15 is 0 Å². The monoisotopic (exact) mass is 230 g/mol. The lowest BCUT2D eigenvalue weighted by Crippen LogP contribution is -2.31. The fourth-order valence-corrected chi connectivity index (χ4v) is 1.91. The minimum atomic E-state index is -1.46. The smallest absolute Gasteiger partial charge is 0.184 e. The van der Waals surface area contributed by atoms with E-state index in [2.05, 4.69) is 11.8 Å². The quantitative estimate of drug-likeness (QED) is 0.708. The van der Waals surface area contributed by atoms with Crippen molar-refractivity contribution in [3.63, 3.8) is 0 Å². The topological polar surface area (TPSA) is 57.5 Å². The van der Waals surface area contributed by atoms with Gasteiger partial charge in [-0.15, -0.1) is 0 Å². The van der Waals surface area contributed by atoms with Crippen molar-refractivity contribution in [2.75, 3.05) is 0 Å². The molecule has 1 aliphatic rings. The average molecular weight is 230 g/mol. The van der Waals surface area contributed by atoms with Crippen LogP contribution in [-0.4, -0.2) is 21.6 Å². The van der Waals surface area contributed by atoms with Crippen LogP contribution in [-0.2, 0) is 11.4 Å². The normalized spacial score (nSPS) is 23.3. The van der Waals surface area contributed by atoms with E-state index in [-0.39, 0.29) is 12.4 Å². The Morgan fingerprint density at radius 3 is 2.88 bits per heavy atom. The van der Waals surface area contributed by atoms with Gasteiger partial charge >= 0.3 is 0 Å². The number of carbonyl (C=O) groups is 1. The average Bonchev–Trinajstić information content (AvgIpc) is 2.68. The lowest BCUT2D eigenvalue weighted by molar-refractivity contribution is -0.128. The molecular formula is C14H14O3. The molecule has 1 aliphatic carbocycles. The Balaban J connectivity index is 2.23. The van der Waals surface area contributed by atoms with Crippen LogP contribution in [0, 0.1) is 11.8 Å². The molecule has 17 heavy (non-hydrogen) atoms. The summed E-state index contributed by atoms with van der Waals surface area (Å²) < 4.78 is 0. The van der Waals surface area contributed by atoms with Crippen molar-refractivity contribution in [2.24, 2.45) is 0 Å². The molecule has 0 amide bonds. The van der Waals surface area contributed by atoms with Crippen LogP contribution in [0.2, 0.25) is 0 Å². The molecule has 0 bridgehead atoms. The van der Waals surface area contributed by atoms with Gasteiger partial charge in [-0.2, -0.15) is 0 Å². The minimum absolute atomic E-state index is 0.0429. The van der Waals surface area contributed by atoms with Crippen molar-refractivity contribution < 1.29 is 15.0 Å². The number of rotatable bonds is 1. The molecular weight excluding hydrogens is 216 g/mol. The third-order valence-corrected chi connectivity index (χ3v) is 2.93. The van der Waals surface area contributed by atoms with E-state index in [0.717, 1.165) is 5.56 Å². The Hall–Kier alpha value is -1.63. The van der Waals surface area contributed by atoms with Crippen molar-refractivity contribution in [3.8, 4) is 11.8 Å². The number of aliphatic hydroxyl groups excluding tert-OH is 1. The first-order chi connectivity index (χ1) is 8.14. The second-order valence-electron chi connectivity index (χ2n) is 4.25. The molecule has 1 aromatic carbocycles. The van der Waals surface area contributed by atoms with Crippen molar-refractivity contribution in [2.45, 2.75) is 31.5 Å². The van der Waals surface area contributed by atoms with E-state index in [1.165, 1.54) is 0 Å². The van der Waals surface area contributed by atoms with Crippen molar-refractivity contribution in [1.29, 1.82) is 0 Å². The minimum Gasteiger partial charge on any atom is -0.392 e. The van der Waals surface area contributed by atoms with Gasteiger partial charge in [0, 0.05) is 12.0 Å². The maximum Gasteiger partial charge on any atom is 0.184 e.